The maximum atomic E-state index is 14.0. The molecule has 1 N–H and O–H groups in total. The number of rotatable bonds is 4. The molecule has 3 aromatic rings. The quantitative estimate of drug-likeness (QED) is 0.670. The van der Waals surface area contributed by atoms with Crippen molar-refractivity contribution >= 4 is 17.5 Å². The smallest absolute Gasteiger partial charge is 0.267 e. The van der Waals surface area contributed by atoms with Gasteiger partial charge in [0.2, 0.25) is 5.91 Å². The third-order valence-electron chi connectivity index (χ3n) is 5.72. The first-order chi connectivity index (χ1) is 14.8. The van der Waals surface area contributed by atoms with E-state index in [0.717, 1.165) is 11.4 Å². The average Bonchev–Trinajstić information content (AvgIpc) is 3.09. The molecule has 3 heterocycles. The molecule has 0 radical (unpaired) electrons. The zero-order chi connectivity index (χ0) is 22.1. The summed E-state index contributed by atoms with van der Waals surface area (Å²) in [5.74, 6) is -0.0791. The third-order valence-corrected chi connectivity index (χ3v) is 6.08. The monoisotopic (exact) mass is 443 g/mol. The van der Waals surface area contributed by atoms with Crippen LogP contribution in [0.3, 0.4) is 0 Å². The molecule has 1 aliphatic rings. The van der Waals surface area contributed by atoms with Crippen LogP contribution in [0.1, 0.15) is 41.3 Å². The summed E-state index contributed by atoms with van der Waals surface area (Å²) in [6, 6.07) is 8.12. The van der Waals surface area contributed by atoms with Gasteiger partial charge in [-0.05, 0) is 56.9 Å². The number of H-pyrrole nitrogens is 1. The number of aryl methyl sites for hydroxylation is 2. The molecule has 0 bridgehead atoms. The molecule has 162 valence electrons. The van der Waals surface area contributed by atoms with Crippen LogP contribution in [-0.4, -0.2) is 43.9 Å². The minimum absolute atomic E-state index is 0.00330. The number of carbonyl (C=O) groups excluding carboxylic acids is 1. The minimum atomic E-state index is -0.476. The summed E-state index contributed by atoms with van der Waals surface area (Å²) in [4.78, 5) is 26.8. The summed E-state index contributed by atoms with van der Waals surface area (Å²) in [5, 5.41) is 11.4. The van der Waals surface area contributed by atoms with Crippen molar-refractivity contribution in [1.29, 1.82) is 0 Å². The summed E-state index contributed by atoms with van der Waals surface area (Å²) < 4.78 is 15.7. The van der Waals surface area contributed by atoms with Gasteiger partial charge in [-0.15, -0.1) is 0 Å². The highest BCUT2D eigenvalue weighted by atomic mass is 35.5. The lowest BCUT2D eigenvalue weighted by molar-refractivity contribution is -0.131. The van der Waals surface area contributed by atoms with Crippen LogP contribution in [0.2, 0.25) is 5.02 Å². The summed E-state index contributed by atoms with van der Waals surface area (Å²) in [5.41, 5.74) is 2.43. The van der Waals surface area contributed by atoms with E-state index < -0.39 is 5.82 Å². The first-order valence-corrected chi connectivity index (χ1v) is 10.5. The van der Waals surface area contributed by atoms with E-state index in [4.69, 9.17) is 11.6 Å². The molecular formula is C22H23ClFN5O2. The Balaban J connectivity index is 1.46. The Kier molecular flexibility index (Phi) is 5.91. The van der Waals surface area contributed by atoms with Gasteiger partial charge in [0.15, 0.2) is 5.82 Å². The van der Waals surface area contributed by atoms with Gasteiger partial charge in [0, 0.05) is 34.9 Å². The van der Waals surface area contributed by atoms with Gasteiger partial charge in [0.1, 0.15) is 5.82 Å². The Morgan fingerprint density at radius 1 is 1.26 bits per heavy atom. The lowest BCUT2D eigenvalue weighted by atomic mass is 9.90. The van der Waals surface area contributed by atoms with Crippen LogP contribution in [0, 0.1) is 19.7 Å². The highest BCUT2D eigenvalue weighted by molar-refractivity contribution is 6.31. The number of nitrogens with zero attached hydrogens (tertiary/aromatic N) is 4. The van der Waals surface area contributed by atoms with Gasteiger partial charge < -0.3 is 4.90 Å². The van der Waals surface area contributed by atoms with Gasteiger partial charge in [-0.2, -0.15) is 10.2 Å². The summed E-state index contributed by atoms with van der Waals surface area (Å²) in [7, 11) is 0. The maximum Gasteiger partial charge on any atom is 0.267 e. The highest BCUT2D eigenvalue weighted by Crippen LogP contribution is 2.28. The Bertz CT molecular complexity index is 1160. The van der Waals surface area contributed by atoms with E-state index in [2.05, 4.69) is 15.3 Å². The van der Waals surface area contributed by atoms with Crippen LogP contribution in [0.5, 0.6) is 0 Å². The Morgan fingerprint density at radius 2 is 2.00 bits per heavy atom. The highest BCUT2D eigenvalue weighted by Gasteiger charge is 2.27. The van der Waals surface area contributed by atoms with Gasteiger partial charge in [-0.1, -0.05) is 17.7 Å². The number of aromatic nitrogens is 4. The number of likely N-dealkylation sites (tertiary alicyclic amines) is 1. The van der Waals surface area contributed by atoms with E-state index >= 15 is 0 Å². The van der Waals surface area contributed by atoms with E-state index in [0.29, 0.717) is 37.3 Å². The number of benzene rings is 1. The molecule has 9 heteroatoms. The number of hydrogen-bond acceptors (Lipinski definition) is 4. The van der Waals surface area contributed by atoms with Crippen molar-refractivity contribution in [2.45, 2.75) is 39.0 Å². The van der Waals surface area contributed by atoms with Crippen LogP contribution < -0.4 is 5.56 Å². The van der Waals surface area contributed by atoms with Crippen molar-refractivity contribution < 1.29 is 9.18 Å². The second kappa shape index (κ2) is 8.63. The maximum absolute atomic E-state index is 14.0. The molecule has 1 saturated heterocycles. The van der Waals surface area contributed by atoms with E-state index in [1.165, 1.54) is 12.1 Å². The number of hydrogen-bond donors (Lipinski definition) is 1. The second-order valence-corrected chi connectivity index (χ2v) is 8.29. The fourth-order valence-electron chi connectivity index (χ4n) is 4.09. The van der Waals surface area contributed by atoms with Crippen molar-refractivity contribution in [3.05, 3.63) is 74.0 Å². The molecule has 4 rings (SSSR count). The number of halogens is 2. The lowest BCUT2D eigenvalue weighted by Crippen LogP contribution is -2.39. The molecule has 1 aromatic carbocycles. The van der Waals surface area contributed by atoms with Crippen molar-refractivity contribution in [3.63, 3.8) is 0 Å². The van der Waals surface area contributed by atoms with E-state index in [-0.39, 0.29) is 34.4 Å². The van der Waals surface area contributed by atoms with Gasteiger partial charge in [0.05, 0.1) is 12.1 Å². The number of nitrogens with one attached hydrogen (secondary N) is 1. The molecule has 0 atom stereocenters. The first-order valence-electron chi connectivity index (χ1n) is 10.2. The predicted molar refractivity (Wildman–Crippen MR) is 115 cm³/mol. The summed E-state index contributed by atoms with van der Waals surface area (Å²) in [6.45, 7) is 4.81. The van der Waals surface area contributed by atoms with Crippen molar-refractivity contribution in [2.75, 3.05) is 13.1 Å². The van der Waals surface area contributed by atoms with Crippen LogP contribution in [0.4, 0.5) is 4.39 Å². The number of piperidine rings is 1. The number of aromatic amines is 1. The van der Waals surface area contributed by atoms with Gasteiger partial charge in [-0.25, -0.2) is 14.2 Å². The lowest BCUT2D eigenvalue weighted by Gasteiger charge is -2.32. The molecule has 0 spiro atoms. The third kappa shape index (κ3) is 4.39. The fourth-order valence-corrected chi connectivity index (χ4v) is 4.32. The standard InChI is InChI=1S/C22H23ClFN5O2/c1-13-10-14(2)29(27-13)20-11-16(22(31)26-25-20)15-6-8-28(9-7-15)21(30)12-17-18(23)4-3-5-19(17)24/h3-5,10-11,15H,6-9,12H2,1-2H3,(H,26,31). The molecule has 31 heavy (non-hydrogen) atoms. The van der Waals surface area contributed by atoms with Crippen LogP contribution >= 0.6 is 11.6 Å². The van der Waals surface area contributed by atoms with Crippen LogP contribution in [0.25, 0.3) is 5.82 Å². The fraction of sp³-hybridized carbons (Fsp3) is 0.364. The number of carbonyl (C=O) groups is 1. The van der Waals surface area contributed by atoms with Crippen LogP contribution in [0.15, 0.2) is 35.1 Å². The van der Waals surface area contributed by atoms with Crippen LogP contribution in [-0.2, 0) is 11.2 Å². The molecule has 1 fully saturated rings. The summed E-state index contributed by atoms with van der Waals surface area (Å²) >= 11 is 6.05. The van der Waals surface area contributed by atoms with Gasteiger partial charge in [-0.3, -0.25) is 9.59 Å². The van der Waals surface area contributed by atoms with Gasteiger partial charge >= 0.3 is 0 Å². The largest absolute Gasteiger partial charge is 0.342 e. The van der Waals surface area contributed by atoms with Crippen molar-refractivity contribution in [1.82, 2.24) is 24.9 Å². The molecule has 0 unspecified atom stereocenters. The molecular weight excluding hydrogens is 421 g/mol. The Hall–Kier alpha value is -3.00. The van der Waals surface area contributed by atoms with E-state index in [1.807, 2.05) is 19.9 Å². The second-order valence-electron chi connectivity index (χ2n) is 7.88. The first kappa shape index (κ1) is 21.2. The van der Waals surface area contributed by atoms with E-state index in [1.54, 1.807) is 21.7 Å². The summed E-state index contributed by atoms with van der Waals surface area (Å²) in [6.07, 6.45) is 1.20. The Labute approximate surface area is 183 Å². The van der Waals surface area contributed by atoms with Gasteiger partial charge in [0.25, 0.3) is 5.56 Å². The topological polar surface area (TPSA) is 83.9 Å². The minimum Gasteiger partial charge on any atom is -0.342 e. The van der Waals surface area contributed by atoms with Crippen molar-refractivity contribution in [3.8, 4) is 5.82 Å². The molecule has 2 aromatic heterocycles. The zero-order valence-corrected chi connectivity index (χ0v) is 18.1. The average molecular weight is 444 g/mol. The molecule has 1 aliphatic heterocycles. The molecule has 1 amide bonds. The SMILES string of the molecule is Cc1cc(C)n(-c2cc(C3CCN(C(=O)Cc4c(F)cccc4Cl)CC3)c(=O)[nH]n2)n1. The van der Waals surface area contributed by atoms with E-state index in [9.17, 15) is 14.0 Å². The molecule has 7 nitrogen and oxygen atoms in total. The zero-order valence-electron chi connectivity index (χ0n) is 17.4. The Morgan fingerprint density at radius 3 is 2.65 bits per heavy atom. The molecule has 0 saturated carbocycles. The van der Waals surface area contributed by atoms with Crippen molar-refractivity contribution in [2.24, 2.45) is 0 Å². The molecule has 0 aliphatic carbocycles. The predicted octanol–water partition coefficient (Wildman–Crippen LogP) is 3.31. The number of amides is 1. The normalized spacial score (nSPS) is 14.8.